The predicted molar refractivity (Wildman–Crippen MR) is 56.8 cm³/mol. The molecule has 5 heteroatoms. The van der Waals surface area contributed by atoms with Crippen molar-refractivity contribution in [3.8, 4) is 5.75 Å². The van der Waals surface area contributed by atoms with E-state index in [1.165, 1.54) is 0 Å². The fourth-order valence-electron chi connectivity index (χ4n) is 1.12. The van der Waals surface area contributed by atoms with Crippen molar-refractivity contribution >= 4 is 44.3 Å². The summed E-state index contributed by atoms with van der Waals surface area (Å²) in [7, 11) is 0. The molecule has 0 fully saturated rings. The van der Waals surface area contributed by atoms with E-state index in [2.05, 4.69) is 15.9 Å². The van der Waals surface area contributed by atoms with Crippen molar-refractivity contribution in [2.45, 2.75) is 5.01 Å². The zero-order chi connectivity index (χ0) is 9.59. The number of Topliss-reactive ketones (excluding diaryl/α,β-unsaturated/α-hetero) is 1. The number of ether oxygens (including phenoxy) is 1. The van der Waals surface area contributed by atoms with Crippen LogP contribution >= 0.6 is 38.5 Å². The van der Waals surface area contributed by atoms with Gasteiger partial charge in [0.25, 0.3) is 0 Å². The molecule has 0 aromatic heterocycles. The van der Waals surface area contributed by atoms with Crippen LogP contribution in [-0.4, -0.2) is 10.8 Å². The number of rotatable bonds is 0. The minimum absolute atomic E-state index is 0.0544. The number of carbonyl (C=O) groups is 1. The molecule has 0 bridgehead atoms. The predicted octanol–water partition coefficient (Wildman–Crippen LogP) is 2.73. The maximum atomic E-state index is 13.3. The van der Waals surface area contributed by atoms with Crippen LogP contribution in [0, 0.1) is 9.39 Å². The number of carbonyl (C=O) groups excluding carboxylic acids is 1. The average molecular weight is 357 g/mol. The van der Waals surface area contributed by atoms with Crippen LogP contribution in [-0.2, 0) is 0 Å². The van der Waals surface area contributed by atoms with E-state index in [1.807, 2.05) is 22.6 Å². The van der Waals surface area contributed by atoms with Crippen molar-refractivity contribution in [2.75, 3.05) is 0 Å². The van der Waals surface area contributed by atoms with E-state index in [0.717, 1.165) is 0 Å². The SMILES string of the molecule is O=C1c2ccc(I)c(F)c2O[C@H]1Br. The minimum Gasteiger partial charge on any atom is -0.467 e. The molecular weight excluding hydrogens is 354 g/mol. The Balaban J connectivity index is 2.64. The standard InChI is InChI=1S/C8H3BrFIO2/c9-8-6(12)3-1-2-4(11)5(10)7(3)13-8/h1-2,8H/t8-/m1/s1. The van der Waals surface area contributed by atoms with Gasteiger partial charge in [-0.2, -0.15) is 0 Å². The van der Waals surface area contributed by atoms with Crippen LogP contribution in [0.1, 0.15) is 10.4 Å². The minimum atomic E-state index is -0.741. The van der Waals surface area contributed by atoms with E-state index in [0.29, 0.717) is 9.13 Å². The molecule has 1 aliphatic rings. The van der Waals surface area contributed by atoms with Gasteiger partial charge in [0.1, 0.15) is 0 Å². The number of halogens is 3. The summed E-state index contributed by atoms with van der Waals surface area (Å²) in [5.74, 6) is -0.641. The second-order valence-electron chi connectivity index (χ2n) is 2.54. The molecule has 0 unspecified atom stereocenters. The first-order chi connectivity index (χ1) is 6.11. The van der Waals surface area contributed by atoms with Gasteiger partial charge in [-0.05, 0) is 50.7 Å². The lowest BCUT2D eigenvalue weighted by Gasteiger charge is -2.01. The third kappa shape index (κ3) is 1.38. The van der Waals surface area contributed by atoms with E-state index >= 15 is 0 Å². The summed E-state index contributed by atoms with van der Waals surface area (Å²) in [5, 5.41) is -0.741. The highest BCUT2D eigenvalue weighted by Crippen LogP contribution is 2.35. The van der Waals surface area contributed by atoms with Gasteiger partial charge in [-0.1, -0.05) is 0 Å². The van der Waals surface area contributed by atoms with Crippen molar-refractivity contribution < 1.29 is 13.9 Å². The van der Waals surface area contributed by atoms with Gasteiger partial charge in [-0.15, -0.1) is 0 Å². The molecular formula is C8H3BrFIO2. The molecule has 1 atom stereocenters. The van der Waals surface area contributed by atoms with Gasteiger partial charge in [-0.3, -0.25) is 4.79 Å². The van der Waals surface area contributed by atoms with Crippen LogP contribution < -0.4 is 4.74 Å². The van der Waals surface area contributed by atoms with Crippen molar-refractivity contribution in [1.29, 1.82) is 0 Å². The van der Waals surface area contributed by atoms with Crippen molar-refractivity contribution in [2.24, 2.45) is 0 Å². The van der Waals surface area contributed by atoms with Crippen molar-refractivity contribution in [3.63, 3.8) is 0 Å². The summed E-state index contributed by atoms with van der Waals surface area (Å²) in [5.41, 5.74) is 0.305. The fourth-order valence-corrected chi connectivity index (χ4v) is 1.98. The first-order valence-electron chi connectivity index (χ1n) is 3.44. The molecule has 2 nitrogen and oxygen atoms in total. The zero-order valence-electron chi connectivity index (χ0n) is 6.18. The summed E-state index contributed by atoms with van der Waals surface area (Å²) in [6, 6.07) is 3.13. The molecule has 0 aliphatic carbocycles. The highest BCUT2D eigenvalue weighted by molar-refractivity contribution is 14.1. The highest BCUT2D eigenvalue weighted by atomic mass is 127. The Bertz CT molecular complexity index is 394. The second-order valence-corrected chi connectivity index (χ2v) is 4.53. The summed E-state index contributed by atoms with van der Waals surface area (Å²) in [6.45, 7) is 0. The smallest absolute Gasteiger partial charge is 0.218 e. The topological polar surface area (TPSA) is 26.3 Å². The Labute approximate surface area is 95.7 Å². The molecule has 1 aromatic rings. The number of hydrogen-bond donors (Lipinski definition) is 0. The van der Waals surface area contributed by atoms with Crippen molar-refractivity contribution in [1.82, 2.24) is 0 Å². The van der Waals surface area contributed by atoms with Gasteiger partial charge in [0.05, 0.1) is 9.13 Å². The molecule has 13 heavy (non-hydrogen) atoms. The average Bonchev–Trinajstić information content (AvgIpc) is 2.38. The largest absolute Gasteiger partial charge is 0.467 e. The lowest BCUT2D eigenvalue weighted by Crippen LogP contribution is -2.10. The van der Waals surface area contributed by atoms with Crippen LogP contribution in [0.3, 0.4) is 0 Å². The van der Waals surface area contributed by atoms with Crippen molar-refractivity contribution in [3.05, 3.63) is 27.1 Å². The second kappa shape index (κ2) is 3.20. The Morgan fingerprint density at radius 1 is 1.54 bits per heavy atom. The van der Waals surface area contributed by atoms with E-state index in [-0.39, 0.29) is 11.5 Å². The third-order valence-electron chi connectivity index (χ3n) is 1.74. The number of fused-ring (bicyclic) bond motifs is 1. The Hall–Kier alpha value is -0.170. The molecule has 0 saturated carbocycles. The molecule has 1 aliphatic heterocycles. The van der Waals surface area contributed by atoms with Crippen LogP contribution in [0.5, 0.6) is 5.75 Å². The molecule has 0 saturated heterocycles. The zero-order valence-corrected chi connectivity index (χ0v) is 9.93. The first kappa shape index (κ1) is 9.39. The van der Waals surface area contributed by atoms with Crippen LogP contribution in [0.4, 0.5) is 4.39 Å². The highest BCUT2D eigenvalue weighted by Gasteiger charge is 2.33. The first-order valence-corrected chi connectivity index (χ1v) is 5.43. The molecule has 1 heterocycles. The molecule has 68 valence electrons. The van der Waals surface area contributed by atoms with Gasteiger partial charge in [0, 0.05) is 0 Å². The number of ketones is 1. The lowest BCUT2D eigenvalue weighted by atomic mass is 10.1. The van der Waals surface area contributed by atoms with Gasteiger partial charge in [0.2, 0.25) is 10.8 Å². The van der Waals surface area contributed by atoms with Gasteiger partial charge in [-0.25, -0.2) is 4.39 Å². The maximum absolute atomic E-state index is 13.3. The van der Waals surface area contributed by atoms with Crippen LogP contribution in [0.2, 0.25) is 0 Å². The normalized spacial score (nSPS) is 19.9. The fraction of sp³-hybridized carbons (Fsp3) is 0.125. The summed E-state index contributed by atoms with van der Waals surface area (Å²) in [6.07, 6.45) is 0. The van der Waals surface area contributed by atoms with Gasteiger partial charge in [0.15, 0.2) is 11.6 Å². The summed E-state index contributed by atoms with van der Waals surface area (Å²) < 4.78 is 18.8. The lowest BCUT2D eigenvalue weighted by molar-refractivity contribution is 0.0941. The summed E-state index contributed by atoms with van der Waals surface area (Å²) >= 11 is 4.85. The van der Waals surface area contributed by atoms with Crippen LogP contribution in [0.15, 0.2) is 12.1 Å². The Kier molecular flexibility index (Phi) is 2.31. The molecule has 1 aromatic carbocycles. The maximum Gasteiger partial charge on any atom is 0.218 e. The third-order valence-corrected chi connectivity index (χ3v) is 3.18. The monoisotopic (exact) mass is 356 g/mol. The number of hydrogen-bond acceptors (Lipinski definition) is 2. The van der Waals surface area contributed by atoms with E-state index < -0.39 is 10.8 Å². The summed E-state index contributed by atoms with van der Waals surface area (Å²) in [4.78, 5) is 11.3. The molecule has 0 spiro atoms. The Morgan fingerprint density at radius 2 is 2.23 bits per heavy atom. The van der Waals surface area contributed by atoms with E-state index in [9.17, 15) is 9.18 Å². The van der Waals surface area contributed by atoms with E-state index in [1.54, 1.807) is 12.1 Å². The molecule has 0 amide bonds. The number of alkyl halides is 1. The Morgan fingerprint density at radius 3 is 2.92 bits per heavy atom. The van der Waals surface area contributed by atoms with Gasteiger partial charge < -0.3 is 4.74 Å². The molecule has 0 N–H and O–H groups in total. The van der Waals surface area contributed by atoms with Crippen LogP contribution in [0.25, 0.3) is 0 Å². The van der Waals surface area contributed by atoms with E-state index in [4.69, 9.17) is 4.74 Å². The molecule has 2 rings (SSSR count). The number of benzene rings is 1. The van der Waals surface area contributed by atoms with Gasteiger partial charge >= 0.3 is 0 Å². The quantitative estimate of drug-likeness (QED) is 0.528. The molecule has 0 radical (unpaired) electrons.